The second-order valence-electron chi connectivity index (χ2n) is 13.0. The van der Waals surface area contributed by atoms with Gasteiger partial charge in [0.05, 0.1) is 28.4 Å². The molecule has 0 bridgehead atoms. The zero-order valence-electron chi connectivity index (χ0n) is 28.6. The number of carboxylic acid groups (broad SMARTS) is 1. The maximum Gasteiger partial charge on any atom is 0.354 e. The lowest BCUT2D eigenvalue weighted by atomic mass is 9.97. The topological polar surface area (TPSA) is 115 Å². The fourth-order valence-corrected chi connectivity index (χ4v) is 7.67. The van der Waals surface area contributed by atoms with Crippen molar-refractivity contribution in [1.82, 2.24) is 24.1 Å². The highest BCUT2D eigenvalue weighted by Gasteiger charge is 2.37. The van der Waals surface area contributed by atoms with Gasteiger partial charge in [-0.25, -0.2) is 19.7 Å². The molecule has 0 spiro atoms. The number of aryl methyl sites for hydroxylation is 6. The van der Waals surface area contributed by atoms with E-state index in [1.807, 2.05) is 69.8 Å². The molecule has 1 atom stereocenters. The van der Waals surface area contributed by atoms with Crippen LogP contribution in [-0.2, 0) is 13.5 Å². The summed E-state index contributed by atoms with van der Waals surface area (Å²) < 4.78 is 10.2. The molecule has 10 nitrogen and oxygen atoms in total. The number of amides is 1. The molecule has 0 saturated carbocycles. The largest absolute Gasteiger partial charge is 0.494 e. The van der Waals surface area contributed by atoms with Crippen molar-refractivity contribution in [3.05, 3.63) is 98.4 Å². The van der Waals surface area contributed by atoms with Crippen LogP contribution in [0.4, 0.5) is 5.69 Å². The fourth-order valence-electron chi connectivity index (χ4n) is 7.31. The number of ether oxygens (including phenoxy) is 1. The normalized spacial score (nSPS) is 14.5. The zero-order valence-corrected chi connectivity index (χ0v) is 30.1. The predicted octanol–water partition coefficient (Wildman–Crippen LogP) is 8.46. The van der Waals surface area contributed by atoms with Crippen molar-refractivity contribution in [2.45, 2.75) is 53.5 Å². The van der Waals surface area contributed by atoms with Crippen molar-refractivity contribution in [3.63, 3.8) is 0 Å². The van der Waals surface area contributed by atoms with Gasteiger partial charge in [-0.2, -0.15) is 0 Å². The van der Waals surface area contributed by atoms with E-state index >= 15 is 0 Å². The predicted molar refractivity (Wildman–Crippen MR) is 196 cm³/mol. The first-order valence-electron chi connectivity index (χ1n) is 16.4. The zero-order chi connectivity index (χ0) is 35.6. The molecule has 1 aliphatic heterocycles. The Hall–Kier alpha value is -4.93. The molecular weight excluding hydrogens is 675 g/mol. The Morgan fingerprint density at radius 2 is 1.72 bits per heavy atom. The second-order valence-corrected chi connectivity index (χ2v) is 13.8. The Balaban J connectivity index is 1.38. The Bertz CT molecular complexity index is 2340. The summed E-state index contributed by atoms with van der Waals surface area (Å²) in [6, 6.07) is 10.8. The molecule has 0 aliphatic carbocycles. The summed E-state index contributed by atoms with van der Waals surface area (Å²) in [5.41, 5.74) is 9.07. The van der Waals surface area contributed by atoms with Gasteiger partial charge in [0.15, 0.2) is 0 Å². The standard InChI is InChI=1S/C38H36Cl2N6O4/c1-19-14-24(15-20(2)33(19)40)50-13-7-8-25-26-9-10-27(39)32(31-22(4)41-18-42-23(31)5)35(26)46-21(3)16-45(37(47)36(25)46)30-17-44(6)29-12-11-28(38(48)49)43-34(29)30/h9-12,14-15,17-18,21H,7-8,13,16H2,1-6H3,(H,48,49). The van der Waals surface area contributed by atoms with Gasteiger partial charge in [-0.3, -0.25) is 4.79 Å². The average Bonchev–Trinajstić information content (AvgIpc) is 3.59. The van der Waals surface area contributed by atoms with E-state index in [0.29, 0.717) is 47.9 Å². The highest BCUT2D eigenvalue weighted by molar-refractivity contribution is 6.35. The average molecular weight is 712 g/mol. The Morgan fingerprint density at radius 1 is 1.02 bits per heavy atom. The van der Waals surface area contributed by atoms with Gasteiger partial charge >= 0.3 is 5.97 Å². The van der Waals surface area contributed by atoms with E-state index in [-0.39, 0.29) is 17.6 Å². The number of fused-ring (bicyclic) bond motifs is 4. The maximum absolute atomic E-state index is 14.9. The minimum Gasteiger partial charge on any atom is -0.494 e. The molecule has 1 amide bonds. The van der Waals surface area contributed by atoms with Crippen LogP contribution in [0.25, 0.3) is 33.1 Å². The lowest BCUT2D eigenvalue weighted by molar-refractivity contribution is 0.0690. The molecule has 7 rings (SSSR count). The number of rotatable bonds is 8. The van der Waals surface area contributed by atoms with Crippen molar-refractivity contribution in [3.8, 4) is 16.9 Å². The molecule has 0 radical (unpaired) electrons. The third kappa shape index (κ3) is 5.47. The summed E-state index contributed by atoms with van der Waals surface area (Å²) in [5, 5.41) is 11.9. The quantitative estimate of drug-likeness (QED) is 0.158. The molecule has 12 heteroatoms. The summed E-state index contributed by atoms with van der Waals surface area (Å²) in [4.78, 5) is 41.9. The van der Waals surface area contributed by atoms with Gasteiger partial charge in [-0.15, -0.1) is 0 Å². The molecule has 1 unspecified atom stereocenters. The SMILES string of the molecule is Cc1cc(OCCCc2c3n(c4c(-c5c(C)ncnc5C)c(Cl)ccc24)C(C)CN(c2cn(C)c4ccc(C(=O)O)nc24)C3=O)cc(C)c1Cl. The highest BCUT2D eigenvalue weighted by Crippen LogP contribution is 2.45. The van der Waals surface area contributed by atoms with E-state index < -0.39 is 5.97 Å². The van der Waals surface area contributed by atoms with Crippen molar-refractivity contribution >= 4 is 62.7 Å². The fraction of sp³-hybridized carbons (Fsp3) is 0.289. The van der Waals surface area contributed by atoms with Gasteiger partial charge in [0.2, 0.25) is 0 Å². The van der Waals surface area contributed by atoms with Crippen LogP contribution < -0.4 is 9.64 Å². The van der Waals surface area contributed by atoms with Crippen molar-refractivity contribution < 1.29 is 19.4 Å². The highest BCUT2D eigenvalue weighted by atomic mass is 35.5. The minimum atomic E-state index is -1.13. The summed E-state index contributed by atoms with van der Waals surface area (Å²) in [7, 11) is 1.86. The van der Waals surface area contributed by atoms with Crippen LogP contribution in [0, 0.1) is 27.7 Å². The lowest BCUT2D eigenvalue weighted by Gasteiger charge is -2.34. The Labute approximate surface area is 299 Å². The van der Waals surface area contributed by atoms with Crippen LogP contribution >= 0.6 is 23.2 Å². The smallest absolute Gasteiger partial charge is 0.354 e. The number of benzene rings is 2. The number of anilines is 1. The molecule has 1 aliphatic rings. The number of aromatic carboxylic acids is 1. The van der Waals surface area contributed by atoms with E-state index in [2.05, 4.69) is 26.4 Å². The summed E-state index contributed by atoms with van der Waals surface area (Å²) in [6.45, 7) is 10.6. The van der Waals surface area contributed by atoms with Crippen LogP contribution in [0.3, 0.4) is 0 Å². The van der Waals surface area contributed by atoms with E-state index in [1.54, 1.807) is 17.3 Å². The number of carboxylic acids is 1. The number of carbonyl (C=O) groups is 2. The monoisotopic (exact) mass is 710 g/mol. The summed E-state index contributed by atoms with van der Waals surface area (Å²) in [5.74, 6) is -0.583. The van der Waals surface area contributed by atoms with E-state index in [9.17, 15) is 14.7 Å². The summed E-state index contributed by atoms with van der Waals surface area (Å²) >= 11 is 13.4. The van der Waals surface area contributed by atoms with Crippen molar-refractivity contribution in [1.29, 1.82) is 0 Å². The van der Waals surface area contributed by atoms with Crippen LogP contribution in [0.1, 0.15) is 68.4 Å². The maximum atomic E-state index is 14.9. The molecule has 256 valence electrons. The van der Waals surface area contributed by atoms with Gasteiger partial charge in [0, 0.05) is 58.8 Å². The van der Waals surface area contributed by atoms with Crippen molar-refractivity contribution in [2.24, 2.45) is 7.05 Å². The van der Waals surface area contributed by atoms with Gasteiger partial charge in [-0.1, -0.05) is 29.3 Å². The van der Waals surface area contributed by atoms with Crippen LogP contribution in [0.2, 0.25) is 10.0 Å². The molecule has 6 aromatic rings. The van der Waals surface area contributed by atoms with E-state index in [0.717, 1.165) is 66.4 Å². The Kier molecular flexibility index (Phi) is 8.56. The number of pyridine rings is 1. The molecular formula is C38H36Cl2N6O4. The molecule has 5 heterocycles. The number of hydrogen-bond acceptors (Lipinski definition) is 6. The molecule has 50 heavy (non-hydrogen) atoms. The number of aromatic nitrogens is 5. The first-order valence-corrected chi connectivity index (χ1v) is 17.2. The minimum absolute atomic E-state index is 0.0848. The molecule has 4 aromatic heterocycles. The van der Waals surface area contributed by atoms with Gasteiger partial charge in [0.25, 0.3) is 5.91 Å². The third-order valence-corrected chi connectivity index (χ3v) is 10.5. The number of hydrogen-bond donors (Lipinski definition) is 1. The van der Waals surface area contributed by atoms with Gasteiger partial charge in [0.1, 0.15) is 29.0 Å². The van der Waals surface area contributed by atoms with Crippen molar-refractivity contribution in [2.75, 3.05) is 18.1 Å². The van der Waals surface area contributed by atoms with Gasteiger partial charge in [-0.05, 0) is 94.5 Å². The van der Waals surface area contributed by atoms with Crippen LogP contribution in [-0.4, -0.2) is 54.2 Å². The number of halogens is 2. The van der Waals surface area contributed by atoms with Gasteiger partial charge < -0.3 is 23.9 Å². The molecule has 2 aromatic carbocycles. The molecule has 0 saturated heterocycles. The lowest BCUT2D eigenvalue weighted by Crippen LogP contribution is -2.42. The van der Waals surface area contributed by atoms with E-state index in [1.165, 1.54) is 6.07 Å². The number of nitrogens with zero attached hydrogens (tertiary/aromatic N) is 6. The Morgan fingerprint density at radius 3 is 2.40 bits per heavy atom. The van der Waals surface area contributed by atoms with Crippen LogP contribution in [0.5, 0.6) is 5.75 Å². The molecule has 1 N–H and O–H groups in total. The summed E-state index contributed by atoms with van der Waals surface area (Å²) in [6.07, 6.45) is 4.57. The second kappa shape index (κ2) is 12.8. The molecule has 0 fully saturated rings. The van der Waals surface area contributed by atoms with Crippen LogP contribution in [0.15, 0.2) is 48.9 Å². The van der Waals surface area contributed by atoms with E-state index in [4.69, 9.17) is 27.9 Å². The first kappa shape index (κ1) is 33.6. The first-order chi connectivity index (χ1) is 23.9. The number of carbonyl (C=O) groups excluding carboxylic acids is 1. The third-order valence-electron chi connectivity index (χ3n) is 9.60.